The third-order valence-electron chi connectivity index (χ3n) is 5.10. The SMILES string of the molecule is Cc1cc(C(=O)CSc2nc3ccccc3n2CCC#N)c(C)n1C1CC1. The summed E-state index contributed by atoms with van der Waals surface area (Å²) >= 11 is 1.46. The summed E-state index contributed by atoms with van der Waals surface area (Å²) in [5, 5.41) is 9.76. The number of ketones is 1. The van der Waals surface area contributed by atoms with Crippen molar-refractivity contribution >= 4 is 28.6 Å². The molecule has 0 bridgehead atoms. The molecule has 4 rings (SSSR count). The molecule has 27 heavy (non-hydrogen) atoms. The van der Waals surface area contributed by atoms with Gasteiger partial charge in [-0.25, -0.2) is 4.98 Å². The van der Waals surface area contributed by atoms with E-state index in [0.717, 1.165) is 27.4 Å². The molecule has 3 aromatic rings. The second-order valence-electron chi connectivity index (χ2n) is 7.04. The maximum Gasteiger partial charge on any atom is 0.175 e. The maximum atomic E-state index is 12.9. The highest BCUT2D eigenvalue weighted by atomic mass is 32.2. The Balaban J connectivity index is 1.56. The maximum absolute atomic E-state index is 12.9. The van der Waals surface area contributed by atoms with Crippen molar-refractivity contribution in [1.82, 2.24) is 14.1 Å². The van der Waals surface area contributed by atoms with E-state index in [0.29, 0.717) is 24.8 Å². The molecule has 1 saturated carbocycles. The van der Waals surface area contributed by atoms with E-state index < -0.39 is 0 Å². The van der Waals surface area contributed by atoms with Crippen molar-refractivity contribution in [3.05, 3.63) is 47.3 Å². The van der Waals surface area contributed by atoms with Crippen molar-refractivity contribution in [2.75, 3.05) is 5.75 Å². The Kier molecular flexibility index (Phi) is 4.79. The molecule has 6 heteroatoms. The number of imidazole rings is 1. The fourth-order valence-electron chi connectivity index (χ4n) is 3.70. The molecule has 1 aliphatic carbocycles. The molecule has 0 aliphatic heterocycles. The average molecular weight is 379 g/mol. The number of hydrogen-bond acceptors (Lipinski definition) is 4. The van der Waals surface area contributed by atoms with Crippen LogP contribution in [0.4, 0.5) is 0 Å². The summed E-state index contributed by atoms with van der Waals surface area (Å²) in [4.78, 5) is 17.5. The molecule has 1 fully saturated rings. The quantitative estimate of drug-likeness (QED) is 0.442. The summed E-state index contributed by atoms with van der Waals surface area (Å²) in [5.74, 6) is 0.490. The zero-order chi connectivity index (χ0) is 19.0. The number of carbonyl (C=O) groups is 1. The Morgan fingerprint density at radius 1 is 1.33 bits per heavy atom. The Hall–Kier alpha value is -2.52. The minimum absolute atomic E-state index is 0.138. The van der Waals surface area contributed by atoms with Crippen LogP contribution in [0.3, 0.4) is 0 Å². The van der Waals surface area contributed by atoms with E-state index in [1.165, 1.54) is 30.3 Å². The lowest BCUT2D eigenvalue weighted by atomic mass is 10.2. The van der Waals surface area contributed by atoms with E-state index in [2.05, 4.69) is 22.5 Å². The molecule has 1 aliphatic rings. The predicted octanol–water partition coefficient (Wildman–Crippen LogP) is 4.68. The first-order valence-electron chi connectivity index (χ1n) is 9.26. The van der Waals surface area contributed by atoms with Gasteiger partial charge in [-0.1, -0.05) is 23.9 Å². The monoisotopic (exact) mass is 378 g/mol. The van der Waals surface area contributed by atoms with E-state index >= 15 is 0 Å². The third-order valence-corrected chi connectivity index (χ3v) is 6.07. The zero-order valence-electron chi connectivity index (χ0n) is 15.6. The summed E-state index contributed by atoms with van der Waals surface area (Å²) in [6.07, 6.45) is 2.84. The highest BCUT2D eigenvalue weighted by Gasteiger charge is 2.28. The standard InChI is InChI=1S/C21H22N4OS/c1-14-12-17(15(2)25(14)16-8-9-16)20(26)13-27-21-23-18-6-3-4-7-19(18)24(21)11-5-10-22/h3-4,6-7,12,16H,5,8-9,11,13H2,1-2H3. The smallest absolute Gasteiger partial charge is 0.175 e. The zero-order valence-corrected chi connectivity index (χ0v) is 16.4. The Labute approximate surface area is 163 Å². The fraction of sp³-hybridized carbons (Fsp3) is 0.381. The largest absolute Gasteiger partial charge is 0.345 e. The molecule has 5 nitrogen and oxygen atoms in total. The fourth-order valence-corrected chi connectivity index (χ4v) is 4.63. The number of carbonyl (C=O) groups excluding carboxylic acids is 1. The highest BCUT2D eigenvalue weighted by Crippen LogP contribution is 2.38. The number of fused-ring (bicyclic) bond motifs is 1. The van der Waals surface area contributed by atoms with E-state index in [4.69, 9.17) is 5.26 Å². The predicted molar refractivity (Wildman–Crippen MR) is 107 cm³/mol. The van der Waals surface area contributed by atoms with E-state index in [9.17, 15) is 4.79 Å². The molecule has 0 unspecified atom stereocenters. The molecular weight excluding hydrogens is 356 g/mol. The van der Waals surface area contributed by atoms with Crippen LogP contribution in [0, 0.1) is 25.2 Å². The van der Waals surface area contributed by atoms with Gasteiger partial charge in [-0.15, -0.1) is 0 Å². The normalized spacial score (nSPS) is 13.8. The number of benzene rings is 1. The van der Waals surface area contributed by atoms with Gasteiger partial charge in [0.2, 0.25) is 0 Å². The second-order valence-corrected chi connectivity index (χ2v) is 7.98. The van der Waals surface area contributed by atoms with Gasteiger partial charge in [0.15, 0.2) is 10.9 Å². The molecule has 0 spiro atoms. The van der Waals surface area contributed by atoms with Crippen LogP contribution < -0.4 is 0 Å². The van der Waals surface area contributed by atoms with Gasteiger partial charge < -0.3 is 9.13 Å². The topological polar surface area (TPSA) is 63.6 Å². The number of Topliss-reactive ketones (excluding diaryl/α,β-unsaturated/α-hetero) is 1. The number of aromatic nitrogens is 3. The van der Waals surface area contributed by atoms with Gasteiger partial charge in [0, 0.05) is 29.5 Å². The number of nitrogens with zero attached hydrogens (tertiary/aromatic N) is 4. The van der Waals surface area contributed by atoms with Crippen LogP contribution in [0.15, 0.2) is 35.5 Å². The van der Waals surface area contributed by atoms with Crippen LogP contribution >= 0.6 is 11.8 Å². The lowest BCUT2D eigenvalue weighted by molar-refractivity contribution is 0.102. The number of rotatable bonds is 7. The number of thioether (sulfide) groups is 1. The van der Waals surface area contributed by atoms with Crippen LogP contribution in [0.5, 0.6) is 0 Å². The molecule has 0 amide bonds. The number of para-hydroxylation sites is 2. The summed E-state index contributed by atoms with van der Waals surface area (Å²) in [6.45, 7) is 4.71. The highest BCUT2D eigenvalue weighted by molar-refractivity contribution is 7.99. The first-order valence-corrected chi connectivity index (χ1v) is 10.3. The first kappa shape index (κ1) is 17.9. The molecule has 0 saturated heterocycles. The van der Waals surface area contributed by atoms with Gasteiger partial charge in [-0.05, 0) is 44.9 Å². The summed E-state index contributed by atoms with van der Waals surface area (Å²) < 4.78 is 4.35. The van der Waals surface area contributed by atoms with Crippen molar-refractivity contribution < 1.29 is 4.79 Å². The van der Waals surface area contributed by atoms with E-state index in [1.54, 1.807) is 0 Å². The molecule has 0 atom stereocenters. The molecular formula is C21H22N4OS. The number of aryl methyl sites for hydroxylation is 2. The van der Waals surface area contributed by atoms with Crippen LogP contribution in [-0.4, -0.2) is 25.7 Å². The van der Waals surface area contributed by atoms with E-state index in [1.807, 2.05) is 41.8 Å². The summed E-state index contributed by atoms with van der Waals surface area (Å²) in [7, 11) is 0. The minimum Gasteiger partial charge on any atom is -0.345 e. The molecule has 2 aromatic heterocycles. The summed E-state index contributed by atoms with van der Waals surface area (Å²) in [6, 6.07) is 12.7. The molecule has 138 valence electrons. The molecule has 1 aromatic carbocycles. The van der Waals surface area contributed by atoms with Crippen molar-refractivity contribution in [3.8, 4) is 6.07 Å². The molecule has 0 N–H and O–H groups in total. The van der Waals surface area contributed by atoms with Gasteiger partial charge in [0.25, 0.3) is 0 Å². The minimum atomic E-state index is 0.138. The van der Waals surface area contributed by atoms with Crippen LogP contribution in [0.2, 0.25) is 0 Å². The lowest BCUT2D eigenvalue weighted by Gasteiger charge is -2.08. The lowest BCUT2D eigenvalue weighted by Crippen LogP contribution is -2.07. The van der Waals surface area contributed by atoms with Crippen LogP contribution in [0.1, 0.15) is 47.1 Å². The van der Waals surface area contributed by atoms with Gasteiger partial charge in [-0.2, -0.15) is 5.26 Å². The van der Waals surface area contributed by atoms with Gasteiger partial charge in [0.1, 0.15) is 0 Å². The van der Waals surface area contributed by atoms with Crippen molar-refractivity contribution in [2.45, 2.75) is 50.9 Å². The second kappa shape index (κ2) is 7.24. The van der Waals surface area contributed by atoms with Crippen molar-refractivity contribution in [2.24, 2.45) is 0 Å². The van der Waals surface area contributed by atoms with E-state index in [-0.39, 0.29) is 5.78 Å². The van der Waals surface area contributed by atoms with Crippen molar-refractivity contribution in [1.29, 1.82) is 5.26 Å². The first-order chi connectivity index (χ1) is 13.1. The van der Waals surface area contributed by atoms with Crippen LogP contribution in [0.25, 0.3) is 11.0 Å². The Bertz CT molecular complexity index is 1050. The van der Waals surface area contributed by atoms with Crippen molar-refractivity contribution in [3.63, 3.8) is 0 Å². The Morgan fingerprint density at radius 3 is 2.85 bits per heavy atom. The number of hydrogen-bond donors (Lipinski definition) is 0. The molecule has 2 heterocycles. The average Bonchev–Trinajstić information content (AvgIpc) is 3.36. The summed E-state index contributed by atoms with van der Waals surface area (Å²) in [5.41, 5.74) is 4.99. The number of nitriles is 1. The van der Waals surface area contributed by atoms with Gasteiger partial charge in [0.05, 0.1) is 29.3 Å². The Morgan fingerprint density at radius 2 is 2.11 bits per heavy atom. The van der Waals surface area contributed by atoms with Gasteiger partial charge >= 0.3 is 0 Å². The third kappa shape index (κ3) is 3.40. The molecule has 0 radical (unpaired) electrons. The van der Waals surface area contributed by atoms with Gasteiger partial charge in [-0.3, -0.25) is 4.79 Å². The van der Waals surface area contributed by atoms with Crippen LogP contribution in [-0.2, 0) is 6.54 Å².